The lowest BCUT2D eigenvalue weighted by atomic mass is 10.1. The summed E-state index contributed by atoms with van der Waals surface area (Å²) in [4.78, 5) is 26.1. The maximum atomic E-state index is 13.1. The van der Waals surface area contributed by atoms with E-state index in [1.165, 1.54) is 23.9 Å². The number of benzene rings is 1. The third-order valence-electron chi connectivity index (χ3n) is 5.11. The number of hydrogen-bond acceptors (Lipinski definition) is 8. The van der Waals surface area contributed by atoms with Crippen LogP contribution in [0.15, 0.2) is 33.9 Å². The summed E-state index contributed by atoms with van der Waals surface area (Å²) in [5.74, 6) is -0.860. The molecule has 172 valence electrons. The Morgan fingerprint density at radius 1 is 1.12 bits per heavy atom. The summed E-state index contributed by atoms with van der Waals surface area (Å²) >= 11 is 0.897. The van der Waals surface area contributed by atoms with Gasteiger partial charge in [-0.3, -0.25) is 10.2 Å². The number of rotatable bonds is 7. The van der Waals surface area contributed by atoms with Crippen molar-refractivity contribution in [2.75, 3.05) is 40.4 Å². The maximum absolute atomic E-state index is 13.1. The topological polar surface area (TPSA) is 143 Å². The highest BCUT2D eigenvalue weighted by molar-refractivity contribution is 7.91. The van der Waals surface area contributed by atoms with E-state index in [2.05, 4.69) is 4.74 Å². The van der Waals surface area contributed by atoms with Gasteiger partial charge in [-0.1, -0.05) is 24.3 Å². The van der Waals surface area contributed by atoms with Crippen molar-refractivity contribution in [3.8, 4) is 5.75 Å². The Morgan fingerprint density at radius 2 is 1.75 bits per heavy atom. The minimum atomic E-state index is -3.90. The van der Waals surface area contributed by atoms with E-state index < -0.39 is 16.0 Å². The van der Waals surface area contributed by atoms with Crippen LogP contribution < -0.4 is 10.5 Å². The first-order valence-corrected chi connectivity index (χ1v) is 12.0. The largest absolute Gasteiger partial charge is 0.494 e. The van der Waals surface area contributed by atoms with Gasteiger partial charge in [-0.2, -0.15) is 4.31 Å². The number of thiophene rings is 1. The van der Waals surface area contributed by atoms with E-state index in [1.807, 2.05) is 0 Å². The van der Waals surface area contributed by atoms with Crippen LogP contribution in [0.5, 0.6) is 5.75 Å². The molecule has 1 aliphatic rings. The predicted octanol–water partition coefficient (Wildman–Crippen LogP) is 0.903. The highest BCUT2D eigenvalue weighted by atomic mass is 32.2. The molecule has 12 heteroatoms. The molecule has 0 aliphatic carbocycles. The minimum Gasteiger partial charge on any atom is -0.494 e. The van der Waals surface area contributed by atoms with Gasteiger partial charge in [0.1, 0.15) is 11.4 Å². The van der Waals surface area contributed by atoms with Crippen LogP contribution in [0.4, 0.5) is 0 Å². The first-order chi connectivity index (χ1) is 15.2. The summed E-state index contributed by atoms with van der Waals surface area (Å²) in [6.45, 7) is 0.764. The Bertz CT molecular complexity index is 1120. The molecule has 1 aromatic heterocycles. The lowest BCUT2D eigenvalue weighted by Gasteiger charge is -2.34. The average molecular weight is 481 g/mol. The minimum absolute atomic E-state index is 0.0330. The first-order valence-electron chi connectivity index (χ1n) is 9.64. The van der Waals surface area contributed by atoms with Crippen LogP contribution >= 0.6 is 11.3 Å². The van der Waals surface area contributed by atoms with Gasteiger partial charge >= 0.3 is 5.97 Å². The van der Waals surface area contributed by atoms with Crippen LogP contribution in [0.3, 0.4) is 0 Å². The number of ether oxygens (including phenoxy) is 2. The SMILES string of the molecule is COC(=O)c1csc(S(=O)(=O)N2CCN(C(=O)Cc3ccc(C(=N)N)cc3)CC2)c1OC. The Morgan fingerprint density at radius 3 is 2.28 bits per heavy atom. The number of hydrogen-bond donors (Lipinski definition) is 2. The molecule has 0 unspecified atom stereocenters. The van der Waals surface area contributed by atoms with Gasteiger partial charge in [-0.15, -0.1) is 11.3 Å². The van der Waals surface area contributed by atoms with Crippen molar-refractivity contribution in [1.29, 1.82) is 5.41 Å². The van der Waals surface area contributed by atoms with Gasteiger partial charge in [0, 0.05) is 37.1 Å². The monoisotopic (exact) mass is 480 g/mol. The van der Waals surface area contributed by atoms with Gasteiger partial charge in [0.25, 0.3) is 10.0 Å². The lowest BCUT2D eigenvalue weighted by molar-refractivity contribution is -0.131. The van der Waals surface area contributed by atoms with Gasteiger partial charge in [0.05, 0.1) is 20.6 Å². The zero-order valence-electron chi connectivity index (χ0n) is 17.7. The van der Waals surface area contributed by atoms with E-state index in [4.69, 9.17) is 15.9 Å². The number of esters is 1. The summed E-state index contributed by atoms with van der Waals surface area (Å²) in [7, 11) is -1.39. The van der Waals surface area contributed by atoms with Crippen molar-refractivity contribution in [3.63, 3.8) is 0 Å². The molecule has 2 heterocycles. The molecule has 3 rings (SSSR count). The molecular weight excluding hydrogens is 456 g/mol. The maximum Gasteiger partial charge on any atom is 0.342 e. The molecule has 1 saturated heterocycles. The summed E-state index contributed by atoms with van der Waals surface area (Å²) in [5.41, 5.74) is 6.86. The van der Waals surface area contributed by atoms with Gasteiger partial charge in [0.2, 0.25) is 5.91 Å². The highest BCUT2D eigenvalue weighted by Crippen LogP contribution is 2.37. The zero-order chi connectivity index (χ0) is 23.5. The normalized spacial score (nSPS) is 14.8. The Hall–Kier alpha value is -2.96. The Kier molecular flexibility index (Phi) is 7.16. The highest BCUT2D eigenvalue weighted by Gasteiger charge is 2.35. The number of sulfonamides is 1. The van der Waals surface area contributed by atoms with Gasteiger partial charge in [-0.05, 0) is 5.56 Å². The molecular formula is C20H24N4O6S2. The van der Waals surface area contributed by atoms with Crippen LogP contribution in [0, 0.1) is 5.41 Å². The van der Waals surface area contributed by atoms with Crippen LogP contribution in [-0.2, 0) is 26.0 Å². The number of piperazine rings is 1. The van der Waals surface area contributed by atoms with E-state index in [9.17, 15) is 18.0 Å². The summed E-state index contributed by atoms with van der Waals surface area (Å²) < 4.78 is 37.3. The molecule has 1 aromatic carbocycles. The fraction of sp³-hybridized carbons (Fsp3) is 0.350. The van der Waals surface area contributed by atoms with Crippen molar-refractivity contribution < 1.29 is 27.5 Å². The van der Waals surface area contributed by atoms with E-state index in [1.54, 1.807) is 29.2 Å². The van der Waals surface area contributed by atoms with E-state index in [-0.39, 0.29) is 59.9 Å². The second-order valence-electron chi connectivity index (χ2n) is 7.03. The zero-order valence-corrected chi connectivity index (χ0v) is 19.3. The number of carbonyl (C=O) groups is 2. The number of nitrogens with one attached hydrogen (secondary N) is 1. The first kappa shape index (κ1) is 23.7. The molecule has 0 bridgehead atoms. The summed E-state index contributed by atoms with van der Waals surface area (Å²) in [6.07, 6.45) is 0.173. The molecule has 1 aliphatic heterocycles. The quantitative estimate of drug-likeness (QED) is 0.340. The summed E-state index contributed by atoms with van der Waals surface area (Å²) in [5, 5.41) is 8.81. The van der Waals surface area contributed by atoms with Crippen LogP contribution in [0.25, 0.3) is 0 Å². The van der Waals surface area contributed by atoms with Crippen LogP contribution in [0.1, 0.15) is 21.5 Å². The lowest BCUT2D eigenvalue weighted by Crippen LogP contribution is -2.50. The molecule has 10 nitrogen and oxygen atoms in total. The predicted molar refractivity (Wildman–Crippen MR) is 119 cm³/mol. The molecule has 0 atom stereocenters. The fourth-order valence-electron chi connectivity index (χ4n) is 3.34. The number of nitrogen functional groups attached to an aromatic ring is 1. The second kappa shape index (κ2) is 9.67. The number of nitrogens with two attached hydrogens (primary N) is 1. The number of methoxy groups -OCH3 is 2. The van der Waals surface area contributed by atoms with Gasteiger partial charge in [0.15, 0.2) is 9.96 Å². The van der Waals surface area contributed by atoms with Gasteiger partial charge < -0.3 is 20.1 Å². The number of amides is 1. The van der Waals surface area contributed by atoms with Crippen molar-refractivity contribution >= 4 is 39.1 Å². The summed E-state index contributed by atoms with van der Waals surface area (Å²) in [6, 6.07) is 6.87. The van der Waals surface area contributed by atoms with Crippen molar-refractivity contribution in [3.05, 3.63) is 46.3 Å². The fourth-order valence-corrected chi connectivity index (χ4v) is 6.32. The van der Waals surface area contributed by atoms with Crippen molar-refractivity contribution in [2.24, 2.45) is 5.73 Å². The van der Waals surface area contributed by atoms with Crippen molar-refractivity contribution in [2.45, 2.75) is 10.6 Å². The number of amidine groups is 1. The van der Waals surface area contributed by atoms with Crippen molar-refractivity contribution in [1.82, 2.24) is 9.21 Å². The molecule has 0 radical (unpaired) electrons. The Balaban J connectivity index is 1.66. The smallest absolute Gasteiger partial charge is 0.342 e. The van der Waals surface area contributed by atoms with Crippen LogP contribution in [-0.4, -0.2) is 75.7 Å². The number of nitrogens with zero attached hydrogens (tertiary/aromatic N) is 2. The van der Waals surface area contributed by atoms with E-state index in [0.717, 1.165) is 16.9 Å². The molecule has 0 saturated carbocycles. The van der Waals surface area contributed by atoms with E-state index >= 15 is 0 Å². The molecule has 32 heavy (non-hydrogen) atoms. The molecule has 2 aromatic rings. The van der Waals surface area contributed by atoms with Crippen LogP contribution in [0.2, 0.25) is 0 Å². The molecule has 3 N–H and O–H groups in total. The third-order valence-corrected chi connectivity index (χ3v) is 8.48. The molecule has 1 amide bonds. The third kappa shape index (κ3) is 4.76. The van der Waals surface area contributed by atoms with E-state index in [0.29, 0.717) is 5.56 Å². The molecule has 0 spiro atoms. The average Bonchev–Trinajstić information content (AvgIpc) is 3.24. The standard InChI is InChI=1S/C20H24N4O6S2/c1-29-17-15(19(26)30-2)12-31-20(17)32(27,28)24-9-7-23(8-10-24)16(25)11-13-3-5-14(6-4-13)18(21)22/h3-6,12H,7-11H2,1-2H3,(H3,21,22). The molecule has 1 fully saturated rings. The van der Waals surface area contributed by atoms with Gasteiger partial charge in [-0.25, -0.2) is 13.2 Å². The number of carbonyl (C=O) groups excluding carboxylic acids is 2. The second-order valence-corrected chi connectivity index (χ2v) is 10.0. The Labute approximate surface area is 190 Å².